The first-order valence-electron chi connectivity index (χ1n) is 9.43. The van der Waals surface area contributed by atoms with E-state index < -0.39 is 23.7 Å². The van der Waals surface area contributed by atoms with Gasteiger partial charge in [0.15, 0.2) is 0 Å². The molecule has 0 spiro atoms. The number of nitrogens with one attached hydrogen (secondary N) is 1. The molecule has 164 valence electrons. The molecular weight excluding hydrogens is 435 g/mol. The van der Waals surface area contributed by atoms with Crippen LogP contribution in [0.1, 0.15) is 28.8 Å². The molecule has 0 atom stereocenters. The van der Waals surface area contributed by atoms with Gasteiger partial charge in [-0.3, -0.25) is 4.79 Å². The molecule has 8 nitrogen and oxygen atoms in total. The van der Waals surface area contributed by atoms with Gasteiger partial charge < -0.3 is 15.0 Å². The molecule has 1 saturated heterocycles. The molecule has 1 fully saturated rings. The number of pyridine rings is 1. The Kier molecular flexibility index (Phi) is 5.56. The number of fused-ring (bicyclic) bond motifs is 1. The zero-order valence-electron chi connectivity index (χ0n) is 16.3. The normalized spacial score (nSPS) is 15.3. The molecule has 3 aromatic heterocycles. The predicted octanol–water partition coefficient (Wildman–Crippen LogP) is 3.52. The molecular formula is C19H18F3N5O3S. The SMILES string of the molecule is CNC(=O)c1csc2c(C(F)(F)F)cc(N3CCC(OC(=O)n4ccnc4)CC3)nc12. The van der Waals surface area contributed by atoms with E-state index in [1.807, 2.05) is 0 Å². The van der Waals surface area contributed by atoms with Crippen LogP contribution in [0, 0.1) is 0 Å². The van der Waals surface area contributed by atoms with Crippen molar-refractivity contribution in [3.63, 3.8) is 0 Å². The van der Waals surface area contributed by atoms with Crippen molar-refractivity contribution >= 4 is 39.4 Å². The number of nitrogens with zero attached hydrogens (tertiary/aromatic N) is 4. The Morgan fingerprint density at radius 2 is 2.03 bits per heavy atom. The highest BCUT2D eigenvalue weighted by Gasteiger charge is 2.36. The second-order valence-corrected chi connectivity index (χ2v) is 7.85. The van der Waals surface area contributed by atoms with E-state index in [0.29, 0.717) is 25.9 Å². The first-order valence-corrected chi connectivity index (χ1v) is 10.3. The summed E-state index contributed by atoms with van der Waals surface area (Å²) in [5.74, 6) is -0.350. The number of hydrogen-bond acceptors (Lipinski definition) is 7. The highest BCUT2D eigenvalue weighted by molar-refractivity contribution is 7.17. The number of carbonyl (C=O) groups excluding carboxylic acids is 2. The maximum atomic E-state index is 13.7. The van der Waals surface area contributed by atoms with E-state index >= 15 is 0 Å². The van der Waals surface area contributed by atoms with Crippen LogP contribution >= 0.6 is 11.3 Å². The lowest BCUT2D eigenvalue weighted by Gasteiger charge is -2.32. The number of rotatable bonds is 3. The lowest BCUT2D eigenvalue weighted by atomic mass is 10.1. The molecule has 0 aliphatic carbocycles. The molecule has 0 saturated carbocycles. The first-order chi connectivity index (χ1) is 14.8. The number of aromatic nitrogens is 3. The van der Waals surface area contributed by atoms with Gasteiger partial charge in [-0.05, 0) is 6.07 Å². The van der Waals surface area contributed by atoms with Gasteiger partial charge >= 0.3 is 12.3 Å². The predicted molar refractivity (Wildman–Crippen MR) is 107 cm³/mol. The van der Waals surface area contributed by atoms with Crippen molar-refractivity contribution in [2.75, 3.05) is 25.0 Å². The Bertz CT molecular complexity index is 1110. The Hall–Kier alpha value is -3.15. The molecule has 1 N–H and O–H groups in total. The van der Waals surface area contributed by atoms with Gasteiger partial charge in [-0.1, -0.05) is 0 Å². The third kappa shape index (κ3) is 4.20. The van der Waals surface area contributed by atoms with Crippen LogP contribution in [-0.2, 0) is 10.9 Å². The Morgan fingerprint density at radius 3 is 2.65 bits per heavy atom. The van der Waals surface area contributed by atoms with Crippen molar-refractivity contribution in [1.82, 2.24) is 19.9 Å². The van der Waals surface area contributed by atoms with E-state index in [1.165, 1.54) is 35.7 Å². The molecule has 0 bridgehead atoms. The third-order valence-corrected chi connectivity index (χ3v) is 6.04. The van der Waals surface area contributed by atoms with Crippen LogP contribution in [0.15, 0.2) is 30.2 Å². The van der Waals surface area contributed by atoms with E-state index in [-0.39, 0.29) is 27.7 Å². The zero-order valence-corrected chi connectivity index (χ0v) is 17.2. The van der Waals surface area contributed by atoms with Gasteiger partial charge in [0.2, 0.25) is 0 Å². The second-order valence-electron chi connectivity index (χ2n) is 6.97. The summed E-state index contributed by atoms with van der Waals surface area (Å²) in [5.41, 5.74) is -0.678. The lowest BCUT2D eigenvalue weighted by Crippen LogP contribution is -2.39. The quantitative estimate of drug-likeness (QED) is 0.653. The fraction of sp³-hybridized carbons (Fsp3) is 0.368. The number of halogens is 3. The van der Waals surface area contributed by atoms with E-state index in [0.717, 1.165) is 17.4 Å². The molecule has 1 aliphatic rings. The van der Waals surface area contributed by atoms with Crippen molar-refractivity contribution < 1.29 is 27.5 Å². The molecule has 0 unspecified atom stereocenters. The molecule has 3 aromatic rings. The Morgan fingerprint density at radius 1 is 1.29 bits per heavy atom. The Balaban J connectivity index is 1.57. The van der Waals surface area contributed by atoms with Gasteiger partial charge in [0.1, 0.15) is 18.2 Å². The van der Waals surface area contributed by atoms with Gasteiger partial charge in [0.25, 0.3) is 5.91 Å². The number of hydrogen-bond donors (Lipinski definition) is 1. The summed E-state index contributed by atoms with van der Waals surface area (Å²) in [7, 11) is 1.41. The van der Waals surface area contributed by atoms with Crippen LogP contribution in [0.3, 0.4) is 0 Å². The minimum Gasteiger partial charge on any atom is -0.445 e. The summed E-state index contributed by atoms with van der Waals surface area (Å²) in [4.78, 5) is 34.0. The fourth-order valence-electron chi connectivity index (χ4n) is 3.44. The van der Waals surface area contributed by atoms with E-state index in [4.69, 9.17) is 4.74 Å². The summed E-state index contributed by atoms with van der Waals surface area (Å²) < 4.78 is 47.6. The molecule has 0 aromatic carbocycles. The van der Waals surface area contributed by atoms with Crippen molar-refractivity contribution in [3.8, 4) is 0 Å². The first kappa shape index (κ1) is 21.1. The zero-order chi connectivity index (χ0) is 22.2. The van der Waals surface area contributed by atoms with Crippen LogP contribution in [-0.4, -0.2) is 52.8 Å². The number of carbonyl (C=O) groups is 2. The summed E-state index contributed by atoms with van der Waals surface area (Å²) in [6, 6.07) is 1.02. The van der Waals surface area contributed by atoms with Crippen LogP contribution in [0.4, 0.5) is 23.8 Å². The summed E-state index contributed by atoms with van der Waals surface area (Å²) in [5, 5.41) is 3.82. The number of piperidine rings is 1. The minimum absolute atomic E-state index is 0.0304. The standard InChI is InChI=1S/C19H18F3N5O3S/c1-23-17(28)12-9-31-16-13(19(20,21)22)8-14(25-15(12)16)26-5-2-11(3-6-26)30-18(29)27-7-4-24-10-27/h4,7-11H,2-3,5-6H2,1H3,(H,23,28). The number of amides is 1. The van der Waals surface area contributed by atoms with Crippen molar-refractivity contribution in [3.05, 3.63) is 41.3 Å². The molecule has 12 heteroatoms. The smallest absolute Gasteiger partial charge is 0.419 e. The number of alkyl halides is 3. The minimum atomic E-state index is -4.58. The second kappa shape index (κ2) is 8.17. The van der Waals surface area contributed by atoms with E-state index in [9.17, 15) is 22.8 Å². The number of ether oxygens (including phenoxy) is 1. The highest BCUT2D eigenvalue weighted by Crippen LogP contribution is 2.40. The Labute approximate surface area is 178 Å². The average molecular weight is 453 g/mol. The van der Waals surface area contributed by atoms with Gasteiger partial charge in [0, 0.05) is 50.8 Å². The highest BCUT2D eigenvalue weighted by atomic mass is 32.1. The van der Waals surface area contributed by atoms with Gasteiger partial charge in [-0.2, -0.15) is 13.2 Å². The van der Waals surface area contributed by atoms with Crippen molar-refractivity contribution in [2.24, 2.45) is 0 Å². The van der Waals surface area contributed by atoms with Crippen LogP contribution in [0.2, 0.25) is 0 Å². The third-order valence-electron chi connectivity index (χ3n) is 5.04. The van der Waals surface area contributed by atoms with Crippen molar-refractivity contribution in [2.45, 2.75) is 25.1 Å². The van der Waals surface area contributed by atoms with Crippen LogP contribution in [0.25, 0.3) is 10.2 Å². The van der Waals surface area contributed by atoms with Crippen LogP contribution < -0.4 is 10.2 Å². The average Bonchev–Trinajstić information content (AvgIpc) is 3.42. The van der Waals surface area contributed by atoms with Crippen LogP contribution in [0.5, 0.6) is 0 Å². The number of thiophene rings is 1. The summed E-state index contributed by atoms with van der Waals surface area (Å²) >= 11 is 0.846. The topological polar surface area (TPSA) is 89.4 Å². The molecule has 1 aliphatic heterocycles. The van der Waals surface area contributed by atoms with Gasteiger partial charge in [0.05, 0.1) is 21.3 Å². The summed E-state index contributed by atoms with van der Waals surface area (Å²) in [6.07, 6.45) is -0.356. The van der Waals surface area contributed by atoms with Gasteiger partial charge in [-0.15, -0.1) is 11.3 Å². The monoisotopic (exact) mass is 453 g/mol. The lowest BCUT2D eigenvalue weighted by molar-refractivity contribution is -0.136. The molecule has 4 rings (SSSR count). The van der Waals surface area contributed by atoms with Gasteiger partial charge in [-0.25, -0.2) is 19.3 Å². The maximum absolute atomic E-state index is 13.7. The largest absolute Gasteiger partial charge is 0.445 e. The summed E-state index contributed by atoms with van der Waals surface area (Å²) in [6.45, 7) is 0.717. The van der Waals surface area contributed by atoms with E-state index in [2.05, 4.69) is 15.3 Å². The maximum Gasteiger partial charge on any atom is 0.419 e. The molecule has 0 radical (unpaired) electrons. The molecule has 1 amide bonds. The number of anilines is 1. The number of imidazole rings is 1. The van der Waals surface area contributed by atoms with E-state index in [1.54, 1.807) is 4.90 Å². The van der Waals surface area contributed by atoms with Crippen molar-refractivity contribution in [1.29, 1.82) is 0 Å². The molecule has 31 heavy (non-hydrogen) atoms. The molecule has 4 heterocycles. The fourth-order valence-corrected chi connectivity index (χ4v) is 4.46.